The fourth-order valence-corrected chi connectivity index (χ4v) is 6.25. The van der Waals surface area contributed by atoms with Crippen molar-refractivity contribution in [3.05, 3.63) is 76.8 Å². The van der Waals surface area contributed by atoms with E-state index >= 15 is 0 Å². The van der Waals surface area contributed by atoms with Crippen molar-refractivity contribution in [2.45, 2.75) is 110 Å². The van der Waals surface area contributed by atoms with Crippen LogP contribution in [0.3, 0.4) is 0 Å². The molecule has 224 valence electrons. The lowest BCUT2D eigenvalue weighted by Gasteiger charge is -2.30. The number of alkyl carbamates (subject to hydrolysis) is 1. The number of amides is 2. The molecule has 0 bridgehead atoms. The summed E-state index contributed by atoms with van der Waals surface area (Å²) in [4.78, 5) is 31.0. The van der Waals surface area contributed by atoms with Gasteiger partial charge in [-0.2, -0.15) is 0 Å². The molecule has 0 saturated heterocycles. The third-order valence-electron chi connectivity index (χ3n) is 8.03. The van der Waals surface area contributed by atoms with Crippen LogP contribution in [0, 0.1) is 11.8 Å². The van der Waals surface area contributed by atoms with E-state index < -0.39 is 6.09 Å². The Morgan fingerprint density at radius 2 is 1.85 bits per heavy atom. The van der Waals surface area contributed by atoms with Crippen molar-refractivity contribution in [3.63, 3.8) is 0 Å². The molecule has 6 nitrogen and oxygen atoms in total. The second-order valence-electron chi connectivity index (χ2n) is 11.4. The first-order valence-electron chi connectivity index (χ1n) is 15.4. The highest BCUT2D eigenvalue weighted by atomic mass is 32.1. The molecule has 2 N–H and O–H groups in total. The molecule has 2 aromatic rings. The highest BCUT2D eigenvalue weighted by Crippen LogP contribution is 2.32. The number of rotatable bonds is 17. The summed E-state index contributed by atoms with van der Waals surface area (Å²) in [5, 5.41) is 6.45. The van der Waals surface area contributed by atoms with Gasteiger partial charge in [0.1, 0.15) is 6.61 Å². The Morgan fingerprint density at radius 1 is 1.10 bits per heavy atom. The topological polar surface area (TPSA) is 80.3 Å². The average Bonchev–Trinajstić information content (AvgIpc) is 3.50. The molecule has 1 aromatic heterocycles. The second-order valence-corrected chi connectivity index (χ2v) is 12.4. The Kier molecular flexibility index (Phi) is 14.7. The van der Waals surface area contributed by atoms with Crippen LogP contribution in [0.15, 0.2) is 66.3 Å². The Morgan fingerprint density at radius 3 is 2.54 bits per heavy atom. The summed E-state index contributed by atoms with van der Waals surface area (Å²) < 4.78 is 5.45. The van der Waals surface area contributed by atoms with Gasteiger partial charge in [-0.15, -0.1) is 11.3 Å². The van der Waals surface area contributed by atoms with Gasteiger partial charge in [0.15, 0.2) is 0 Å². The smallest absolute Gasteiger partial charge is 0.407 e. The minimum absolute atomic E-state index is 0.0142. The number of thiazole rings is 1. The summed E-state index contributed by atoms with van der Waals surface area (Å²) in [6.07, 6.45) is 17.5. The van der Waals surface area contributed by atoms with Crippen LogP contribution in [0.1, 0.15) is 94.9 Å². The molecule has 1 aromatic carbocycles. The number of carbonyl (C=O) groups is 2. The van der Waals surface area contributed by atoms with E-state index in [1.165, 1.54) is 42.6 Å². The molecule has 1 aliphatic rings. The van der Waals surface area contributed by atoms with E-state index in [1.54, 1.807) is 11.7 Å². The van der Waals surface area contributed by atoms with Crippen molar-refractivity contribution in [1.82, 2.24) is 15.6 Å². The number of hydrogen-bond donors (Lipinski definition) is 2. The largest absolute Gasteiger partial charge is 0.444 e. The molecule has 2 unspecified atom stereocenters. The van der Waals surface area contributed by atoms with Crippen LogP contribution in [-0.2, 0) is 22.6 Å². The van der Waals surface area contributed by atoms with Gasteiger partial charge in [0.25, 0.3) is 0 Å². The number of unbranched alkanes of at least 4 members (excludes halogenated alkanes) is 2. The van der Waals surface area contributed by atoms with Gasteiger partial charge in [0.05, 0.1) is 10.4 Å². The van der Waals surface area contributed by atoms with E-state index in [1.807, 2.05) is 37.3 Å². The molecule has 2 amide bonds. The Labute approximate surface area is 251 Å². The molecule has 0 aliphatic heterocycles. The van der Waals surface area contributed by atoms with Gasteiger partial charge in [-0.25, -0.2) is 4.79 Å². The van der Waals surface area contributed by atoms with Crippen molar-refractivity contribution in [2.75, 3.05) is 0 Å². The number of allylic oxidation sites excluding steroid dienone is 2. The van der Waals surface area contributed by atoms with E-state index in [0.29, 0.717) is 12.8 Å². The third kappa shape index (κ3) is 12.6. The first-order chi connectivity index (χ1) is 20.0. The fourth-order valence-electron chi connectivity index (χ4n) is 5.75. The van der Waals surface area contributed by atoms with E-state index in [-0.39, 0.29) is 30.5 Å². The molecular weight excluding hydrogens is 530 g/mol. The minimum atomic E-state index is -0.448. The van der Waals surface area contributed by atoms with Crippen LogP contribution in [0.5, 0.6) is 0 Å². The van der Waals surface area contributed by atoms with E-state index in [0.717, 1.165) is 54.9 Å². The van der Waals surface area contributed by atoms with Crippen LogP contribution in [0.4, 0.5) is 4.79 Å². The van der Waals surface area contributed by atoms with Crippen molar-refractivity contribution >= 4 is 23.3 Å². The SMILES string of the molecule is C=C(C=CC)CC(CCC(Cc1ccccc1)NC(=O)C1CCC(CCCCC)CC1)NC(=O)OCc1cncs1. The average molecular weight is 580 g/mol. The predicted octanol–water partition coefficient (Wildman–Crippen LogP) is 8.15. The summed E-state index contributed by atoms with van der Waals surface area (Å²) in [7, 11) is 0. The van der Waals surface area contributed by atoms with Gasteiger partial charge in [0.2, 0.25) is 5.91 Å². The van der Waals surface area contributed by atoms with Crippen molar-refractivity contribution < 1.29 is 14.3 Å². The molecule has 2 atom stereocenters. The normalized spacial score (nSPS) is 18.5. The zero-order valence-electron chi connectivity index (χ0n) is 25.0. The standard InChI is InChI=1S/C34H49N3O3S/c1-4-6-8-12-27-15-17-29(18-16-27)33(38)36-31(22-28-13-9-7-10-14-28)20-19-30(21-26(3)11-5-2)37-34(39)40-24-32-23-35-25-41-32/h5,7,9-11,13-14,23,25,27,29-31H,3-4,6,8,12,15-22,24H2,1-2H3,(H,36,38)(H,37,39). The Bertz CT molecular complexity index is 1060. The zero-order valence-corrected chi connectivity index (χ0v) is 25.8. The number of aromatic nitrogens is 1. The highest BCUT2D eigenvalue weighted by molar-refractivity contribution is 7.09. The molecule has 3 rings (SSSR count). The van der Waals surface area contributed by atoms with Gasteiger partial charge >= 0.3 is 6.09 Å². The number of ether oxygens (including phenoxy) is 1. The van der Waals surface area contributed by atoms with Crippen LogP contribution in [0.2, 0.25) is 0 Å². The van der Waals surface area contributed by atoms with Gasteiger partial charge in [-0.3, -0.25) is 9.78 Å². The van der Waals surface area contributed by atoms with E-state index in [9.17, 15) is 9.59 Å². The lowest BCUT2D eigenvalue weighted by molar-refractivity contribution is -0.127. The van der Waals surface area contributed by atoms with E-state index in [2.05, 4.69) is 41.3 Å². The van der Waals surface area contributed by atoms with Gasteiger partial charge in [0, 0.05) is 24.2 Å². The lowest BCUT2D eigenvalue weighted by Crippen LogP contribution is -2.43. The fraction of sp³-hybridized carbons (Fsp3) is 0.559. The molecule has 1 aliphatic carbocycles. The first kappa shape index (κ1) is 32.6. The summed E-state index contributed by atoms with van der Waals surface area (Å²) in [5.41, 5.74) is 3.87. The zero-order chi connectivity index (χ0) is 29.3. The second kappa shape index (κ2) is 18.5. The quantitative estimate of drug-likeness (QED) is 0.146. The molecule has 0 radical (unpaired) electrons. The number of hydrogen-bond acceptors (Lipinski definition) is 5. The summed E-state index contributed by atoms with van der Waals surface area (Å²) >= 11 is 1.46. The number of nitrogens with zero attached hydrogens (tertiary/aromatic N) is 1. The summed E-state index contributed by atoms with van der Waals surface area (Å²) in [6, 6.07) is 10.2. The molecule has 1 saturated carbocycles. The van der Waals surface area contributed by atoms with Crippen LogP contribution in [0.25, 0.3) is 0 Å². The minimum Gasteiger partial charge on any atom is -0.444 e. The summed E-state index contributed by atoms with van der Waals surface area (Å²) in [6.45, 7) is 8.57. The highest BCUT2D eigenvalue weighted by Gasteiger charge is 2.28. The van der Waals surface area contributed by atoms with Gasteiger partial charge in [-0.05, 0) is 69.8 Å². The monoisotopic (exact) mass is 579 g/mol. The molecule has 1 fully saturated rings. The maximum atomic E-state index is 13.4. The maximum absolute atomic E-state index is 13.4. The number of nitrogens with one attached hydrogen (secondary N) is 2. The van der Waals surface area contributed by atoms with Crippen LogP contribution >= 0.6 is 11.3 Å². The van der Waals surface area contributed by atoms with E-state index in [4.69, 9.17) is 4.74 Å². The van der Waals surface area contributed by atoms with Crippen molar-refractivity contribution in [2.24, 2.45) is 11.8 Å². The molecule has 41 heavy (non-hydrogen) atoms. The van der Waals surface area contributed by atoms with Crippen LogP contribution < -0.4 is 10.6 Å². The maximum Gasteiger partial charge on any atom is 0.407 e. The number of benzene rings is 1. The first-order valence-corrected chi connectivity index (χ1v) is 16.3. The molecular formula is C34H49N3O3S. The Hall–Kier alpha value is -2.93. The molecule has 7 heteroatoms. The van der Waals surface area contributed by atoms with Crippen LogP contribution in [-0.4, -0.2) is 29.1 Å². The summed E-state index contributed by atoms with van der Waals surface area (Å²) in [5.74, 6) is 1.06. The molecule has 1 heterocycles. The third-order valence-corrected chi connectivity index (χ3v) is 8.78. The van der Waals surface area contributed by atoms with Crippen molar-refractivity contribution in [3.8, 4) is 0 Å². The predicted molar refractivity (Wildman–Crippen MR) is 169 cm³/mol. The van der Waals surface area contributed by atoms with Gasteiger partial charge < -0.3 is 15.4 Å². The molecule has 0 spiro atoms. The van der Waals surface area contributed by atoms with Crippen molar-refractivity contribution in [1.29, 1.82) is 0 Å². The Balaban J connectivity index is 1.59. The number of carbonyl (C=O) groups excluding carboxylic acids is 2. The van der Waals surface area contributed by atoms with Gasteiger partial charge in [-0.1, -0.05) is 87.2 Å². The lowest BCUT2D eigenvalue weighted by atomic mass is 9.79.